The quantitative estimate of drug-likeness (QED) is 0.641. The van der Waals surface area contributed by atoms with Gasteiger partial charge in [0.2, 0.25) is 21.8 Å². The van der Waals surface area contributed by atoms with Crippen LogP contribution in [0.15, 0.2) is 18.2 Å². The lowest BCUT2D eigenvalue weighted by Crippen LogP contribution is -2.59. The van der Waals surface area contributed by atoms with Crippen LogP contribution in [0.1, 0.15) is 30.9 Å². The van der Waals surface area contributed by atoms with Crippen molar-refractivity contribution in [3.63, 3.8) is 0 Å². The Morgan fingerprint density at radius 2 is 1.88 bits per heavy atom. The van der Waals surface area contributed by atoms with E-state index >= 15 is 0 Å². The van der Waals surface area contributed by atoms with Crippen molar-refractivity contribution in [1.82, 2.24) is 4.31 Å². The zero-order valence-corrected chi connectivity index (χ0v) is 15.9. The van der Waals surface area contributed by atoms with E-state index in [1.54, 1.807) is 6.07 Å². The van der Waals surface area contributed by atoms with Gasteiger partial charge in [-0.2, -0.15) is 0 Å². The van der Waals surface area contributed by atoms with Gasteiger partial charge in [0.15, 0.2) is 0 Å². The summed E-state index contributed by atoms with van der Waals surface area (Å²) in [4.78, 5) is 22.5. The molecule has 1 aromatic rings. The molecular weight excluding hydrogens is 356 g/mol. The number of sulfonamides is 1. The molecule has 1 saturated heterocycles. The standard InChI is InChI=1S/C17H26N4O4S/c1-12-11-15(20-13(2)22)4-3-14(12)5-10-26(24,25)21-8-6-17(19,7-9-21)16(18)23/h3-4,11H,5-10,19H2,1-2H3,(H2,18,23)(H,20,22). The van der Waals surface area contributed by atoms with Crippen molar-refractivity contribution >= 4 is 27.5 Å². The van der Waals surface area contributed by atoms with E-state index in [-0.39, 0.29) is 37.6 Å². The molecule has 9 heteroatoms. The molecule has 2 amide bonds. The van der Waals surface area contributed by atoms with E-state index in [1.165, 1.54) is 11.2 Å². The lowest BCUT2D eigenvalue weighted by molar-refractivity contribution is -0.124. The zero-order valence-electron chi connectivity index (χ0n) is 15.1. The third-order valence-electron chi connectivity index (χ3n) is 4.79. The number of carbonyl (C=O) groups is 2. The second-order valence-electron chi connectivity index (χ2n) is 6.81. The number of benzene rings is 1. The zero-order chi connectivity index (χ0) is 19.5. The Morgan fingerprint density at radius 3 is 2.38 bits per heavy atom. The number of hydrogen-bond donors (Lipinski definition) is 3. The Morgan fingerprint density at radius 1 is 1.27 bits per heavy atom. The lowest BCUT2D eigenvalue weighted by atomic mass is 9.89. The van der Waals surface area contributed by atoms with Crippen molar-refractivity contribution in [2.75, 3.05) is 24.2 Å². The maximum Gasteiger partial charge on any atom is 0.237 e. The van der Waals surface area contributed by atoms with E-state index in [0.29, 0.717) is 12.1 Å². The molecule has 0 spiro atoms. The van der Waals surface area contributed by atoms with Gasteiger partial charge in [-0.15, -0.1) is 0 Å². The monoisotopic (exact) mass is 382 g/mol. The first-order valence-electron chi connectivity index (χ1n) is 8.47. The number of nitrogens with two attached hydrogens (primary N) is 2. The predicted octanol–water partition coefficient (Wildman–Crippen LogP) is 0.104. The molecule has 1 fully saturated rings. The highest BCUT2D eigenvalue weighted by molar-refractivity contribution is 7.89. The molecule has 2 rings (SSSR count). The van der Waals surface area contributed by atoms with Gasteiger partial charge < -0.3 is 16.8 Å². The van der Waals surface area contributed by atoms with Crippen molar-refractivity contribution in [2.45, 2.75) is 38.6 Å². The molecule has 0 bridgehead atoms. The summed E-state index contributed by atoms with van der Waals surface area (Å²) in [5.74, 6) is -0.775. The number of nitrogens with zero attached hydrogens (tertiary/aromatic N) is 1. The Labute approximate surface area is 154 Å². The maximum absolute atomic E-state index is 12.6. The van der Waals surface area contributed by atoms with Crippen LogP contribution in [-0.2, 0) is 26.0 Å². The maximum atomic E-state index is 12.6. The fourth-order valence-corrected chi connectivity index (χ4v) is 4.51. The van der Waals surface area contributed by atoms with Gasteiger partial charge in [-0.3, -0.25) is 9.59 Å². The molecule has 0 aromatic heterocycles. The normalized spacial score (nSPS) is 17.7. The van der Waals surface area contributed by atoms with Crippen LogP contribution in [0.25, 0.3) is 0 Å². The van der Waals surface area contributed by atoms with Crippen LogP contribution < -0.4 is 16.8 Å². The first kappa shape index (κ1) is 20.3. The van der Waals surface area contributed by atoms with Crippen molar-refractivity contribution in [3.05, 3.63) is 29.3 Å². The highest BCUT2D eigenvalue weighted by Crippen LogP contribution is 2.23. The number of carbonyl (C=O) groups excluding carboxylic acids is 2. The molecule has 0 unspecified atom stereocenters. The molecule has 1 aromatic carbocycles. The highest BCUT2D eigenvalue weighted by Gasteiger charge is 2.39. The molecule has 8 nitrogen and oxygen atoms in total. The van der Waals surface area contributed by atoms with Crippen LogP contribution in [0.3, 0.4) is 0 Å². The summed E-state index contributed by atoms with van der Waals surface area (Å²) in [5, 5.41) is 2.70. The summed E-state index contributed by atoms with van der Waals surface area (Å²) in [6, 6.07) is 5.40. The summed E-state index contributed by atoms with van der Waals surface area (Å²) in [6.07, 6.45) is 0.826. The minimum absolute atomic E-state index is 0.0263. The number of hydrogen-bond acceptors (Lipinski definition) is 5. The SMILES string of the molecule is CC(=O)Nc1ccc(CCS(=O)(=O)N2CCC(N)(C(N)=O)CC2)c(C)c1. The van der Waals surface area contributed by atoms with E-state index in [9.17, 15) is 18.0 Å². The van der Waals surface area contributed by atoms with E-state index in [0.717, 1.165) is 11.1 Å². The number of amides is 2. The highest BCUT2D eigenvalue weighted by atomic mass is 32.2. The second-order valence-corrected chi connectivity index (χ2v) is 8.90. The second kappa shape index (κ2) is 7.73. The summed E-state index contributed by atoms with van der Waals surface area (Å²) in [6.45, 7) is 3.71. The van der Waals surface area contributed by atoms with Crippen molar-refractivity contribution in [3.8, 4) is 0 Å². The van der Waals surface area contributed by atoms with Crippen molar-refractivity contribution in [2.24, 2.45) is 11.5 Å². The Hall–Kier alpha value is -1.97. The summed E-state index contributed by atoms with van der Waals surface area (Å²) in [7, 11) is -3.45. The van der Waals surface area contributed by atoms with Crippen LogP contribution >= 0.6 is 0 Å². The molecule has 26 heavy (non-hydrogen) atoms. The number of nitrogens with one attached hydrogen (secondary N) is 1. The van der Waals surface area contributed by atoms with Gasteiger partial charge in [0.25, 0.3) is 0 Å². The van der Waals surface area contributed by atoms with E-state index in [4.69, 9.17) is 11.5 Å². The first-order chi connectivity index (χ1) is 12.0. The van der Waals surface area contributed by atoms with Crippen LogP contribution in [0, 0.1) is 6.92 Å². The Kier molecular flexibility index (Phi) is 6.05. The topological polar surface area (TPSA) is 136 Å². The Balaban J connectivity index is 1.98. The van der Waals surface area contributed by atoms with Gasteiger partial charge in [-0.05, 0) is 49.4 Å². The van der Waals surface area contributed by atoms with Crippen LogP contribution in [0.2, 0.25) is 0 Å². The fourth-order valence-electron chi connectivity index (χ4n) is 3.04. The molecule has 5 N–H and O–H groups in total. The first-order valence-corrected chi connectivity index (χ1v) is 10.1. The molecule has 0 radical (unpaired) electrons. The smallest absolute Gasteiger partial charge is 0.237 e. The summed E-state index contributed by atoms with van der Waals surface area (Å²) in [5.41, 5.74) is 12.6. The fraction of sp³-hybridized carbons (Fsp3) is 0.529. The largest absolute Gasteiger partial charge is 0.368 e. The van der Waals surface area contributed by atoms with Gasteiger partial charge in [-0.25, -0.2) is 12.7 Å². The van der Waals surface area contributed by atoms with E-state index in [1.807, 2.05) is 19.1 Å². The summed E-state index contributed by atoms with van der Waals surface area (Å²) < 4.78 is 26.5. The van der Waals surface area contributed by atoms with Gasteiger partial charge in [0.1, 0.15) is 0 Å². The van der Waals surface area contributed by atoms with Crippen LogP contribution in [-0.4, -0.2) is 48.9 Å². The third kappa shape index (κ3) is 4.80. The molecule has 0 saturated carbocycles. The average molecular weight is 382 g/mol. The molecule has 0 atom stereocenters. The van der Waals surface area contributed by atoms with E-state index in [2.05, 4.69) is 5.32 Å². The number of primary amides is 1. The molecule has 1 aliphatic rings. The Bertz CT molecular complexity index is 799. The molecule has 144 valence electrons. The van der Waals surface area contributed by atoms with Crippen molar-refractivity contribution in [1.29, 1.82) is 0 Å². The van der Waals surface area contributed by atoms with Crippen LogP contribution in [0.4, 0.5) is 5.69 Å². The number of piperidine rings is 1. The minimum atomic E-state index is -3.45. The van der Waals surface area contributed by atoms with Gasteiger partial charge >= 0.3 is 0 Å². The molecule has 1 aliphatic heterocycles. The van der Waals surface area contributed by atoms with Gasteiger partial charge in [0, 0.05) is 25.7 Å². The van der Waals surface area contributed by atoms with E-state index < -0.39 is 21.5 Å². The van der Waals surface area contributed by atoms with Gasteiger partial charge in [-0.1, -0.05) is 6.07 Å². The van der Waals surface area contributed by atoms with Crippen molar-refractivity contribution < 1.29 is 18.0 Å². The minimum Gasteiger partial charge on any atom is -0.368 e. The third-order valence-corrected chi connectivity index (χ3v) is 6.66. The summed E-state index contributed by atoms with van der Waals surface area (Å²) >= 11 is 0. The lowest BCUT2D eigenvalue weighted by Gasteiger charge is -2.36. The number of rotatable bonds is 6. The molecular formula is C17H26N4O4S. The predicted molar refractivity (Wildman–Crippen MR) is 99.9 cm³/mol. The number of anilines is 1. The van der Waals surface area contributed by atoms with Crippen LogP contribution in [0.5, 0.6) is 0 Å². The molecule has 0 aliphatic carbocycles. The number of aryl methyl sites for hydroxylation is 2. The van der Waals surface area contributed by atoms with Gasteiger partial charge in [0.05, 0.1) is 11.3 Å². The molecule has 1 heterocycles. The average Bonchev–Trinajstić information content (AvgIpc) is 2.54.